The number of anilines is 1. The minimum absolute atomic E-state index is 0.337. The van der Waals surface area contributed by atoms with E-state index in [-0.39, 0.29) is 0 Å². The average Bonchev–Trinajstić information content (AvgIpc) is 2.30. The molecule has 0 aromatic heterocycles. The summed E-state index contributed by atoms with van der Waals surface area (Å²) in [6.07, 6.45) is 0.568. The monoisotopic (exact) mass is 240 g/mol. The van der Waals surface area contributed by atoms with Crippen molar-refractivity contribution in [3.8, 4) is 0 Å². The minimum atomic E-state index is -0.428. The lowest BCUT2D eigenvalue weighted by Gasteiger charge is -2.09. The van der Waals surface area contributed by atoms with Crippen molar-refractivity contribution >= 4 is 29.1 Å². The number of benzene rings is 1. The summed E-state index contributed by atoms with van der Waals surface area (Å²) in [5.74, 6) is -0.0911. The molecule has 0 radical (unpaired) electrons. The fraction of sp³-hybridized carbons (Fsp3) is 0.273. The summed E-state index contributed by atoms with van der Waals surface area (Å²) in [6.45, 7) is 1.85. The van der Waals surface area contributed by atoms with Crippen LogP contribution in [0.5, 0.6) is 0 Å². The van der Waals surface area contributed by atoms with Crippen molar-refractivity contribution in [1.29, 1.82) is 5.41 Å². The molecule has 0 amide bonds. The molecule has 4 nitrogen and oxygen atoms in total. The first-order chi connectivity index (χ1) is 7.58. The molecule has 0 fully saturated rings. The van der Waals surface area contributed by atoms with E-state index in [0.717, 1.165) is 0 Å². The SMILES string of the molecule is CCC(=N)Nc1cc(C(=O)OC)ccc1Cl. The Morgan fingerprint density at radius 1 is 1.56 bits per heavy atom. The van der Waals surface area contributed by atoms with E-state index in [0.29, 0.717) is 28.5 Å². The largest absolute Gasteiger partial charge is 0.465 e. The number of carbonyl (C=O) groups excluding carboxylic acids is 1. The molecule has 0 spiro atoms. The van der Waals surface area contributed by atoms with Crippen LogP contribution in [0.4, 0.5) is 5.69 Å². The lowest BCUT2D eigenvalue weighted by molar-refractivity contribution is 0.0601. The number of amidine groups is 1. The number of hydrogen-bond acceptors (Lipinski definition) is 3. The second-order valence-electron chi connectivity index (χ2n) is 3.14. The molecule has 2 N–H and O–H groups in total. The highest BCUT2D eigenvalue weighted by Gasteiger charge is 2.09. The standard InChI is InChI=1S/C11H13ClN2O2/c1-3-10(13)14-9-6-7(11(15)16-2)4-5-8(9)12/h4-6H,3H2,1-2H3,(H2,13,14). The van der Waals surface area contributed by atoms with Crippen molar-refractivity contribution in [2.75, 3.05) is 12.4 Å². The Kier molecular flexibility index (Phi) is 4.31. The highest BCUT2D eigenvalue weighted by atomic mass is 35.5. The lowest BCUT2D eigenvalue weighted by Crippen LogP contribution is -2.10. The van der Waals surface area contributed by atoms with Gasteiger partial charge < -0.3 is 10.1 Å². The zero-order chi connectivity index (χ0) is 12.1. The van der Waals surface area contributed by atoms with Crippen LogP contribution in [0.25, 0.3) is 0 Å². The molecule has 86 valence electrons. The molecule has 0 bridgehead atoms. The van der Waals surface area contributed by atoms with E-state index in [9.17, 15) is 4.79 Å². The van der Waals surface area contributed by atoms with Gasteiger partial charge >= 0.3 is 5.97 Å². The van der Waals surface area contributed by atoms with Gasteiger partial charge in [0.05, 0.1) is 29.2 Å². The Morgan fingerprint density at radius 3 is 2.81 bits per heavy atom. The van der Waals surface area contributed by atoms with Crippen molar-refractivity contribution in [3.05, 3.63) is 28.8 Å². The number of ether oxygens (including phenoxy) is 1. The Hall–Kier alpha value is -1.55. The van der Waals surface area contributed by atoms with Crippen LogP contribution in [-0.2, 0) is 4.74 Å². The van der Waals surface area contributed by atoms with Gasteiger partial charge in [0, 0.05) is 6.42 Å². The summed E-state index contributed by atoms with van der Waals surface area (Å²) in [4.78, 5) is 11.3. The summed E-state index contributed by atoms with van der Waals surface area (Å²) in [7, 11) is 1.32. The molecule has 1 aromatic carbocycles. The van der Waals surface area contributed by atoms with Crippen molar-refractivity contribution in [1.82, 2.24) is 0 Å². The first kappa shape index (κ1) is 12.5. The predicted octanol–water partition coefficient (Wildman–Crippen LogP) is 2.93. The molecule has 16 heavy (non-hydrogen) atoms. The fourth-order valence-electron chi connectivity index (χ4n) is 1.12. The van der Waals surface area contributed by atoms with Crippen LogP contribution in [0.15, 0.2) is 18.2 Å². The average molecular weight is 241 g/mol. The second kappa shape index (κ2) is 5.51. The molecule has 1 rings (SSSR count). The van der Waals surface area contributed by atoms with Crippen LogP contribution in [0.1, 0.15) is 23.7 Å². The first-order valence-electron chi connectivity index (χ1n) is 4.80. The van der Waals surface area contributed by atoms with Crippen molar-refractivity contribution in [3.63, 3.8) is 0 Å². The number of hydrogen-bond donors (Lipinski definition) is 2. The smallest absolute Gasteiger partial charge is 0.337 e. The summed E-state index contributed by atoms with van der Waals surface area (Å²) in [6, 6.07) is 4.74. The third-order valence-corrected chi connectivity index (χ3v) is 2.36. The molecule has 0 aliphatic heterocycles. The number of nitrogens with one attached hydrogen (secondary N) is 2. The summed E-state index contributed by atoms with van der Waals surface area (Å²) in [5, 5.41) is 10.8. The van der Waals surface area contributed by atoms with Crippen LogP contribution in [0.2, 0.25) is 5.02 Å². The van der Waals surface area contributed by atoms with Gasteiger partial charge in [-0.15, -0.1) is 0 Å². The van der Waals surface area contributed by atoms with E-state index in [1.165, 1.54) is 7.11 Å². The topological polar surface area (TPSA) is 62.2 Å². The van der Waals surface area contributed by atoms with E-state index in [2.05, 4.69) is 10.1 Å². The summed E-state index contributed by atoms with van der Waals surface area (Å²) >= 11 is 5.93. The Labute approximate surface area is 99.1 Å². The third kappa shape index (κ3) is 2.97. The maximum absolute atomic E-state index is 11.3. The van der Waals surface area contributed by atoms with Gasteiger partial charge in [0.25, 0.3) is 0 Å². The highest BCUT2D eigenvalue weighted by molar-refractivity contribution is 6.33. The fourth-order valence-corrected chi connectivity index (χ4v) is 1.28. The maximum Gasteiger partial charge on any atom is 0.337 e. The van der Waals surface area contributed by atoms with E-state index >= 15 is 0 Å². The summed E-state index contributed by atoms with van der Waals surface area (Å²) < 4.78 is 4.60. The van der Waals surface area contributed by atoms with Gasteiger partial charge in [-0.3, -0.25) is 5.41 Å². The quantitative estimate of drug-likeness (QED) is 0.485. The molecule has 0 atom stereocenters. The van der Waals surface area contributed by atoms with Gasteiger partial charge in [0.2, 0.25) is 0 Å². The minimum Gasteiger partial charge on any atom is -0.465 e. The first-order valence-corrected chi connectivity index (χ1v) is 5.18. The van der Waals surface area contributed by atoms with Crippen LogP contribution >= 0.6 is 11.6 Å². The van der Waals surface area contributed by atoms with Gasteiger partial charge in [0.15, 0.2) is 0 Å². The Morgan fingerprint density at radius 2 is 2.25 bits per heavy atom. The normalized spacial score (nSPS) is 9.69. The van der Waals surface area contributed by atoms with Crippen LogP contribution in [-0.4, -0.2) is 18.9 Å². The number of esters is 1. The zero-order valence-corrected chi connectivity index (χ0v) is 9.89. The molecular formula is C11H13ClN2O2. The third-order valence-electron chi connectivity index (χ3n) is 2.03. The van der Waals surface area contributed by atoms with Gasteiger partial charge in [-0.05, 0) is 18.2 Å². The molecule has 0 heterocycles. The van der Waals surface area contributed by atoms with Gasteiger partial charge in [-0.1, -0.05) is 18.5 Å². The van der Waals surface area contributed by atoms with E-state index in [1.54, 1.807) is 18.2 Å². The molecule has 0 saturated heterocycles. The number of halogens is 1. The van der Waals surface area contributed by atoms with E-state index < -0.39 is 5.97 Å². The van der Waals surface area contributed by atoms with Gasteiger partial charge in [-0.2, -0.15) is 0 Å². The lowest BCUT2D eigenvalue weighted by atomic mass is 10.2. The van der Waals surface area contributed by atoms with Crippen LogP contribution in [0.3, 0.4) is 0 Å². The molecule has 1 aromatic rings. The number of rotatable bonds is 3. The van der Waals surface area contributed by atoms with Gasteiger partial charge in [-0.25, -0.2) is 4.79 Å². The zero-order valence-electron chi connectivity index (χ0n) is 9.13. The van der Waals surface area contributed by atoms with E-state index in [4.69, 9.17) is 17.0 Å². The van der Waals surface area contributed by atoms with E-state index in [1.807, 2.05) is 6.92 Å². The Balaban J connectivity index is 2.99. The highest BCUT2D eigenvalue weighted by Crippen LogP contribution is 2.23. The predicted molar refractivity (Wildman–Crippen MR) is 64.4 cm³/mol. The molecule has 0 aliphatic rings. The molecule has 0 aliphatic carbocycles. The van der Waals surface area contributed by atoms with Crippen molar-refractivity contribution in [2.45, 2.75) is 13.3 Å². The number of methoxy groups -OCH3 is 1. The molecular weight excluding hydrogens is 228 g/mol. The van der Waals surface area contributed by atoms with Crippen LogP contribution < -0.4 is 5.32 Å². The van der Waals surface area contributed by atoms with Crippen molar-refractivity contribution in [2.24, 2.45) is 0 Å². The molecule has 5 heteroatoms. The Bertz CT molecular complexity index is 418. The molecule has 0 saturated carbocycles. The van der Waals surface area contributed by atoms with Gasteiger partial charge in [0.1, 0.15) is 0 Å². The molecule has 0 unspecified atom stereocenters. The number of carbonyl (C=O) groups is 1. The maximum atomic E-state index is 11.3. The van der Waals surface area contributed by atoms with Crippen molar-refractivity contribution < 1.29 is 9.53 Å². The van der Waals surface area contributed by atoms with Crippen LogP contribution in [0, 0.1) is 5.41 Å². The second-order valence-corrected chi connectivity index (χ2v) is 3.55. The summed E-state index contributed by atoms with van der Waals surface area (Å²) in [5.41, 5.74) is 0.940.